The van der Waals surface area contributed by atoms with Crippen molar-refractivity contribution in [2.45, 2.75) is 108 Å². The molecule has 0 unspecified atom stereocenters. The Morgan fingerprint density at radius 1 is 0.732 bits per heavy atom. The lowest BCUT2D eigenvalue weighted by Crippen LogP contribution is -2.28. The fourth-order valence-corrected chi connectivity index (χ4v) is 8.46. The van der Waals surface area contributed by atoms with E-state index in [9.17, 15) is 8.42 Å². The first-order chi connectivity index (χ1) is 19.7. The SMILES string of the molecule is C=COS(=O)(=O)c1c(F)c(F)c(OC2=C(C3CCCCC3)C[C@H](C3CCCCC3)C=C2C2CCCCC2)c(F)c1F. The van der Waals surface area contributed by atoms with Gasteiger partial charge in [-0.1, -0.05) is 70.4 Å². The Bertz CT molecular complexity index is 1270. The average molecular weight is 597 g/mol. The monoisotopic (exact) mass is 596 g/mol. The molecule has 0 aromatic heterocycles. The summed E-state index contributed by atoms with van der Waals surface area (Å²) in [4.78, 5) is -1.84. The Kier molecular flexibility index (Phi) is 9.51. The molecule has 0 aliphatic heterocycles. The van der Waals surface area contributed by atoms with E-state index >= 15 is 17.6 Å². The second kappa shape index (κ2) is 12.9. The van der Waals surface area contributed by atoms with Gasteiger partial charge in [-0.15, -0.1) is 0 Å². The van der Waals surface area contributed by atoms with E-state index in [4.69, 9.17) is 4.74 Å². The number of halogens is 4. The molecule has 4 aliphatic rings. The van der Waals surface area contributed by atoms with Gasteiger partial charge in [0.1, 0.15) is 5.76 Å². The average Bonchev–Trinajstić information content (AvgIpc) is 2.99. The third-order valence-electron chi connectivity index (χ3n) is 9.63. The predicted octanol–water partition coefficient (Wildman–Crippen LogP) is 9.41. The van der Waals surface area contributed by atoms with E-state index in [2.05, 4.69) is 16.8 Å². The second-order valence-corrected chi connectivity index (χ2v) is 13.7. The molecule has 4 nitrogen and oxygen atoms in total. The van der Waals surface area contributed by atoms with Gasteiger partial charge in [0, 0.05) is 0 Å². The van der Waals surface area contributed by atoms with Crippen LogP contribution >= 0.6 is 0 Å². The molecular weight excluding hydrogens is 556 g/mol. The quantitative estimate of drug-likeness (QED) is 0.130. The Balaban J connectivity index is 1.63. The summed E-state index contributed by atoms with van der Waals surface area (Å²) in [6, 6.07) is 0. The number of rotatable bonds is 8. The van der Waals surface area contributed by atoms with Gasteiger partial charge in [0.05, 0.1) is 6.26 Å². The molecule has 0 saturated heterocycles. The van der Waals surface area contributed by atoms with Crippen LogP contribution in [0.1, 0.15) is 103 Å². The van der Waals surface area contributed by atoms with Crippen molar-refractivity contribution >= 4 is 10.1 Å². The van der Waals surface area contributed by atoms with E-state index in [1.807, 2.05) is 0 Å². The summed E-state index contributed by atoms with van der Waals surface area (Å²) in [6.45, 7) is 3.04. The molecule has 1 atom stereocenters. The molecule has 41 heavy (non-hydrogen) atoms. The summed E-state index contributed by atoms with van der Waals surface area (Å²) in [5.41, 5.74) is 1.90. The van der Waals surface area contributed by atoms with Crippen molar-refractivity contribution < 1.29 is 34.9 Å². The van der Waals surface area contributed by atoms with Crippen molar-refractivity contribution in [1.29, 1.82) is 0 Å². The van der Waals surface area contributed by atoms with Gasteiger partial charge in [-0.25, -0.2) is 8.78 Å². The summed E-state index contributed by atoms with van der Waals surface area (Å²) in [7, 11) is -5.17. The van der Waals surface area contributed by atoms with E-state index in [0.717, 1.165) is 88.2 Å². The van der Waals surface area contributed by atoms with Crippen molar-refractivity contribution in [3.8, 4) is 5.75 Å². The molecule has 0 spiro atoms. The van der Waals surface area contributed by atoms with Crippen LogP contribution in [0.15, 0.2) is 40.7 Å². The van der Waals surface area contributed by atoms with Crippen LogP contribution in [0.5, 0.6) is 5.75 Å². The van der Waals surface area contributed by atoms with Crippen LogP contribution in [0.4, 0.5) is 17.6 Å². The third-order valence-corrected chi connectivity index (χ3v) is 10.9. The van der Waals surface area contributed by atoms with E-state index in [1.54, 1.807) is 0 Å². The Morgan fingerprint density at radius 3 is 1.78 bits per heavy atom. The molecule has 0 amide bonds. The van der Waals surface area contributed by atoms with Gasteiger partial charge in [-0.05, 0) is 79.8 Å². The van der Waals surface area contributed by atoms with Crippen LogP contribution in [-0.2, 0) is 14.3 Å². The molecular formula is C32H40F4O4S. The Hall–Kier alpha value is -2.29. The smallest absolute Gasteiger partial charge is 0.344 e. The van der Waals surface area contributed by atoms with Crippen molar-refractivity contribution in [1.82, 2.24) is 0 Å². The van der Waals surface area contributed by atoms with Crippen LogP contribution in [0.3, 0.4) is 0 Å². The lowest BCUT2D eigenvalue weighted by atomic mass is 9.68. The van der Waals surface area contributed by atoms with E-state index in [-0.39, 0.29) is 11.8 Å². The van der Waals surface area contributed by atoms with Crippen molar-refractivity contribution in [3.63, 3.8) is 0 Å². The molecule has 5 rings (SSSR count). The van der Waals surface area contributed by atoms with Gasteiger partial charge < -0.3 is 8.92 Å². The van der Waals surface area contributed by atoms with Gasteiger partial charge in [0.2, 0.25) is 17.4 Å². The number of allylic oxidation sites excluding steroid dienone is 3. The fourth-order valence-electron chi connectivity index (χ4n) is 7.57. The van der Waals surface area contributed by atoms with Gasteiger partial charge in [0.25, 0.3) is 0 Å². The molecule has 0 N–H and O–H groups in total. The highest BCUT2D eigenvalue weighted by molar-refractivity contribution is 7.86. The van der Waals surface area contributed by atoms with Crippen molar-refractivity contribution in [2.24, 2.45) is 23.7 Å². The van der Waals surface area contributed by atoms with E-state index in [0.29, 0.717) is 30.3 Å². The molecule has 4 aliphatic carbocycles. The zero-order valence-corrected chi connectivity index (χ0v) is 24.4. The number of hydrogen-bond acceptors (Lipinski definition) is 4. The van der Waals surface area contributed by atoms with Gasteiger partial charge in [-0.2, -0.15) is 17.2 Å². The van der Waals surface area contributed by atoms with E-state index < -0.39 is 44.0 Å². The third kappa shape index (κ3) is 6.25. The first-order valence-electron chi connectivity index (χ1n) is 15.3. The maximum Gasteiger partial charge on any atom is 0.344 e. The molecule has 226 valence electrons. The molecule has 3 fully saturated rings. The highest BCUT2D eigenvalue weighted by Crippen LogP contribution is 2.49. The number of hydrogen-bond donors (Lipinski definition) is 0. The standard InChI is InChI=1S/C32H40F4O4S/c1-2-39-41(37,38)32-28(35)26(33)31(27(34)29(32)36)40-30-24(21-14-8-4-9-15-21)18-23(20-12-6-3-7-13-20)19-25(30)22-16-10-5-11-17-22/h2,18,20-23H,1,3-17,19H2/t23-/m1/s1. The van der Waals surface area contributed by atoms with Crippen LogP contribution in [0, 0.1) is 46.9 Å². The van der Waals surface area contributed by atoms with Crippen LogP contribution in [0.2, 0.25) is 0 Å². The largest absolute Gasteiger partial charge is 0.451 e. The molecule has 1 aromatic rings. The van der Waals surface area contributed by atoms with Gasteiger partial charge in [0.15, 0.2) is 16.5 Å². The minimum atomic E-state index is -5.17. The highest BCUT2D eigenvalue weighted by Gasteiger charge is 2.39. The Morgan fingerprint density at radius 2 is 1.24 bits per heavy atom. The van der Waals surface area contributed by atoms with Gasteiger partial charge >= 0.3 is 10.1 Å². The Labute approximate surface area is 241 Å². The minimum Gasteiger partial charge on any atom is -0.451 e. The summed E-state index contributed by atoms with van der Waals surface area (Å²) in [5.74, 6) is -7.76. The predicted molar refractivity (Wildman–Crippen MR) is 148 cm³/mol. The number of ether oxygens (including phenoxy) is 1. The zero-order valence-electron chi connectivity index (χ0n) is 23.5. The molecule has 3 saturated carbocycles. The van der Waals surface area contributed by atoms with E-state index in [1.165, 1.54) is 19.3 Å². The normalized spacial score (nSPS) is 23.8. The summed E-state index contributed by atoms with van der Waals surface area (Å²) < 4.78 is 95.7. The molecule has 0 bridgehead atoms. The maximum absolute atomic E-state index is 15.4. The van der Waals surface area contributed by atoms with Crippen LogP contribution < -0.4 is 4.74 Å². The molecule has 1 aromatic carbocycles. The summed E-state index contributed by atoms with van der Waals surface area (Å²) >= 11 is 0. The zero-order chi connectivity index (χ0) is 29.1. The van der Waals surface area contributed by atoms with Crippen molar-refractivity contribution in [2.75, 3.05) is 0 Å². The van der Waals surface area contributed by atoms with Crippen molar-refractivity contribution in [3.05, 3.63) is 59.1 Å². The topological polar surface area (TPSA) is 52.6 Å². The lowest BCUT2D eigenvalue weighted by molar-refractivity contribution is 0.250. The highest BCUT2D eigenvalue weighted by atomic mass is 32.2. The molecule has 9 heteroatoms. The summed E-state index contributed by atoms with van der Waals surface area (Å²) in [6.07, 6.45) is 19.4. The lowest BCUT2D eigenvalue weighted by Gasteiger charge is -2.39. The van der Waals surface area contributed by atoms with Crippen LogP contribution in [0.25, 0.3) is 0 Å². The fraction of sp³-hybridized carbons (Fsp3) is 0.625. The van der Waals surface area contributed by atoms with Crippen LogP contribution in [-0.4, -0.2) is 8.42 Å². The molecule has 0 radical (unpaired) electrons. The summed E-state index contributed by atoms with van der Waals surface area (Å²) in [5, 5.41) is 0. The number of benzene rings is 1. The maximum atomic E-state index is 15.4. The molecule has 0 heterocycles. The first-order valence-corrected chi connectivity index (χ1v) is 16.7. The van der Waals surface area contributed by atoms with Gasteiger partial charge in [-0.3, -0.25) is 0 Å². The second-order valence-electron chi connectivity index (χ2n) is 12.1. The minimum absolute atomic E-state index is 0.130. The first kappa shape index (κ1) is 30.2.